The molecule has 2 aliphatic heterocycles. The van der Waals surface area contributed by atoms with Crippen molar-refractivity contribution in [2.45, 2.75) is 31.2 Å². The first-order chi connectivity index (χ1) is 11.4. The van der Waals surface area contributed by atoms with E-state index in [0.717, 1.165) is 6.07 Å². The summed E-state index contributed by atoms with van der Waals surface area (Å²) in [6.45, 7) is 0.497. The maximum absolute atomic E-state index is 13.2. The second kappa shape index (κ2) is 6.43. The molecule has 2 fully saturated rings. The molecule has 0 unspecified atom stereocenters. The summed E-state index contributed by atoms with van der Waals surface area (Å²) in [6.07, 6.45) is -4.61. The largest absolute Gasteiger partial charge is 0.416 e. The van der Waals surface area contributed by atoms with E-state index in [0.29, 0.717) is 19.4 Å². The zero-order valence-electron chi connectivity index (χ0n) is 12.8. The average Bonchev–Trinajstić information content (AvgIpc) is 3.00. The van der Waals surface area contributed by atoms with Gasteiger partial charge in [0.25, 0.3) is 0 Å². The fourth-order valence-electron chi connectivity index (χ4n) is 3.09. The van der Waals surface area contributed by atoms with E-state index in [-0.39, 0.29) is 30.5 Å². The normalized spacial score (nSPS) is 24.8. The van der Waals surface area contributed by atoms with Crippen LogP contribution in [0.2, 0.25) is 0 Å². The summed E-state index contributed by atoms with van der Waals surface area (Å²) in [5.74, 6) is -0.445. The summed E-state index contributed by atoms with van der Waals surface area (Å²) >= 11 is 0. The molecule has 3 rings (SSSR count). The lowest BCUT2D eigenvalue weighted by Gasteiger charge is -2.35. The minimum Gasteiger partial charge on any atom is -0.370 e. The molecular formula is C16H17F3N2O3. The predicted octanol–water partition coefficient (Wildman–Crippen LogP) is 1.88. The van der Waals surface area contributed by atoms with Gasteiger partial charge in [-0.1, -0.05) is 18.2 Å². The van der Waals surface area contributed by atoms with Crippen LogP contribution >= 0.6 is 0 Å². The highest BCUT2D eigenvalue weighted by atomic mass is 19.4. The smallest absolute Gasteiger partial charge is 0.370 e. The molecule has 0 spiro atoms. The molecule has 0 radical (unpaired) electrons. The van der Waals surface area contributed by atoms with Crippen LogP contribution in [0.15, 0.2) is 24.3 Å². The van der Waals surface area contributed by atoms with Crippen LogP contribution in [0.5, 0.6) is 0 Å². The van der Waals surface area contributed by atoms with Gasteiger partial charge in [-0.3, -0.25) is 9.59 Å². The Morgan fingerprint density at radius 3 is 2.71 bits per heavy atom. The molecule has 5 nitrogen and oxygen atoms in total. The first-order valence-corrected chi connectivity index (χ1v) is 7.72. The van der Waals surface area contributed by atoms with Gasteiger partial charge in [-0.15, -0.1) is 0 Å². The molecule has 1 aromatic carbocycles. The van der Waals surface area contributed by atoms with E-state index in [1.807, 2.05) is 0 Å². The lowest BCUT2D eigenvalue weighted by atomic mass is 10.00. The van der Waals surface area contributed by atoms with Crippen LogP contribution in [-0.4, -0.2) is 42.5 Å². The predicted molar refractivity (Wildman–Crippen MR) is 77.9 cm³/mol. The van der Waals surface area contributed by atoms with E-state index in [1.54, 1.807) is 0 Å². The molecule has 0 saturated carbocycles. The maximum Gasteiger partial charge on any atom is 0.416 e. The van der Waals surface area contributed by atoms with E-state index in [2.05, 4.69) is 5.32 Å². The Morgan fingerprint density at radius 1 is 1.29 bits per heavy atom. The Bertz CT molecular complexity index is 648. The summed E-state index contributed by atoms with van der Waals surface area (Å²) in [5.41, 5.74) is -0.726. The highest BCUT2D eigenvalue weighted by Gasteiger charge is 2.38. The SMILES string of the molecule is O=C1CC[C@H](C(=O)N2CCO[C@H](c3ccccc3C(F)(F)F)C2)N1. The number of morpholine rings is 1. The van der Waals surface area contributed by atoms with Crippen LogP contribution in [0.25, 0.3) is 0 Å². The number of carbonyl (C=O) groups excluding carboxylic acids is 2. The van der Waals surface area contributed by atoms with Crippen molar-refractivity contribution in [2.75, 3.05) is 19.7 Å². The van der Waals surface area contributed by atoms with Crippen molar-refractivity contribution < 1.29 is 27.5 Å². The number of ether oxygens (including phenoxy) is 1. The summed E-state index contributed by atoms with van der Waals surface area (Å²) < 4.78 is 45.0. The molecule has 24 heavy (non-hydrogen) atoms. The number of hydrogen-bond acceptors (Lipinski definition) is 3. The molecule has 0 aliphatic carbocycles. The van der Waals surface area contributed by atoms with Crippen molar-refractivity contribution in [3.05, 3.63) is 35.4 Å². The molecule has 8 heteroatoms. The standard InChI is InChI=1S/C16H17F3N2O3/c17-16(18,19)11-4-2-1-3-10(11)13-9-21(7-8-24-13)15(23)12-5-6-14(22)20-12/h1-4,12-13H,5-9H2,(H,20,22)/t12-,13+/m1/s1. The number of hydrogen-bond donors (Lipinski definition) is 1. The monoisotopic (exact) mass is 342 g/mol. The molecule has 2 aliphatic rings. The van der Waals surface area contributed by atoms with Crippen LogP contribution in [0.1, 0.15) is 30.1 Å². The van der Waals surface area contributed by atoms with Gasteiger partial charge < -0.3 is 15.0 Å². The van der Waals surface area contributed by atoms with Crippen LogP contribution in [-0.2, 0) is 20.5 Å². The molecule has 1 aromatic rings. The third-order valence-corrected chi connectivity index (χ3v) is 4.28. The first-order valence-electron chi connectivity index (χ1n) is 7.72. The lowest BCUT2D eigenvalue weighted by molar-refractivity contribution is -0.145. The molecule has 2 saturated heterocycles. The topological polar surface area (TPSA) is 58.6 Å². The molecule has 2 amide bonds. The Morgan fingerprint density at radius 2 is 2.04 bits per heavy atom. The molecule has 1 N–H and O–H groups in total. The van der Waals surface area contributed by atoms with Gasteiger partial charge in [0.1, 0.15) is 12.1 Å². The second-order valence-electron chi connectivity index (χ2n) is 5.89. The third kappa shape index (κ3) is 3.38. The van der Waals surface area contributed by atoms with Crippen LogP contribution in [0.4, 0.5) is 13.2 Å². The molecule has 2 heterocycles. The Hall–Kier alpha value is -2.09. The quantitative estimate of drug-likeness (QED) is 0.893. The van der Waals surface area contributed by atoms with Crippen molar-refractivity contribution in [2.24, 2.45) is 0 Å². The van der Waals surface area contributed by atoms with Crippen LogP contribution in [0, 0.1) is 0 Å². The maximum atomic E-state index is 13.2. The van der Waals surface area contributed by atoms with E-state index in [4.69, 9.17) is 4.74 Å². The summed E-state index contributed by atoms with van der Waals surface area (Å²) in [6, 6.07) is 4.64. The number of nitrogens with zero attached hydrogens (tertiary/aromatic N) is 1. The molecule has 2 atom stereocenters. The van der Waals surface area contributed by atoms with Crippen LogP contribution < -0.4 is 5.32 Å². The van der Waals surface area contributed by atoms with Gasteiger partial charge in [-0.25, -0.2) is 0 Å². The summed E-state index contributed by atoms with van der Waals surface area (Å²) in [4.78, 5) is 25.2. The number of nitrogens with one attached hydrogen (secondary N) is 1. The van der Waals surface area contributed by atoms with Crippen molar-refractivity contribution >= 4 is 11.8 Å². The number of benzene rings is 1. The van der Waals surface area contributed by atoms with Gasteiger partial charge in [0, 0.05) is 13.0 Å². The minimum atomic E-state index is -4.48. The van der Waals surface area contributed by atoms with Crippen molar-refractivity contribution in [1.29, 1.82) is 0 Å². The van der Waals surface area contributed by atoms with Gasteiger partial charge >= 0.3 is 6.18 Å². The Labute approximate surface area is 136 Å². The van der Waals surface area contributed by atoms with Crippen LogP contribution in [0.3, 0.4) is 0 Å². The number of amides is 2. The van der Waals surface area contributed by atoms with Crippen molar-refractivity contribution in [3.8, 4) is 0 Å². The van der Waals surface area contributed by atoms with Gasteiger partial charge in [-0.05, 0) is 18.1 Å². The number of alkyl halides is 3. The highest BCUT2D eigenvalue weighted by molar-refractivity contribution is 5.90. The minimum absolute atomic E-state index is 0.0259. The van der Waals surface area contributed by atoms with E-state index in [9.17, 15) is 22.8 Å². The number of rotatable bonds is 2. The third-order valence-electron chi connectivity index (χ3n) is 4.28. The summed E-state index contributed by atoms with van der Waals surface area (Å²) in [7, 11) is 0. The summed E-state index contributed by atoms with van der Waals surface area (Å²) in [5, 5.41) is 2.59. The number of halogens is 3. The van der Waals surface area contributed by atoms with E-state index < -0.39 is 23.9 Å². The zero-order chi connectivity index (χ0) is 17.3. The fourth-order valence-corrected chi connectivity index (χ4v) is 3.09. The Balaban J connectivity index is 1.77. The molecule has 0 bridgehead atoms. The highest BCUT2D eigenvalue weighted by Crippen LogP contribution is 2.36. The van der Waals surface area contributed by atoms with Gasteiger partial charge in [0.05, 0.1) is 18.7 Å². The lowest BCUT2D eigenvalue weighted by Crippen LogP contribution is -2.49. The average molecular weight is 342 g/mol. The van der Waals surface area contributed by atoms with Gasteiger partial charge in [0.15, 0.2) is 0 Å². The molecule has 0 aromatic heterocycles. The number of carbonyl (C=O) groups is 2. The van der Waals surface area contributed by atoms with Gasteiger partial charge in [-0.2, -0.15) is 13.2 Å². The van der Waals surface area contributed by atoms with Gasteiger partial charge in [0.2, 0.25) is 11.8 Å². The second-order valence-corrected chi connectivity index (χ2v) is 5.89. The van der Waals surface area contributed by atoms with Crippen molar-refractivity contribution in [1.82, 2.24) is 10.2 Å². The zero-order valence-corrected chi connectivity index (χ0v) is 12.8. The Kier molecular flexibility index (Phi) is 4.49. The molecular weight excluding hydrogens is 325 g/mol. The van der Waals surface area contributed by atoms with Crippen molar-refractivity contribution in [3.63, 3.8) is 0 Å². The first kappa shape index (κ1) is 16.8. The molecule has 130 valence electrons. The van der Waals surface area contributed by atoms with E-state index >= 15 is 0 Å². The fraction of sp³-hybridized carbons (Fsp3) is 0.500. The van der Waals surface area contributed by atoms with E-state index in [1.165, 1.54) is 23.1 Å².